The minimum Gasteiger partial charge on any atom is -0.481 e. The average Bonchev–Trinajstić information content (AvgIpc) is 2.47. The van der Waals surface area contributed by atoms with Crippen molar-refractivity contribution in [3.05, 3.63) is 33.9 Å². The highest BCUT2D eigenvalue weighted by Gasteiger charge is 2.31. The molecule has 0 radical (unpaired) electrons. The molecule has 0 amide bonds. The molecule has 7 nitrogen and oxygen atoms in total. The smallest absolute Gasteiger partial charge is 0.308 e. The van der Waals surface area contributed by atoms with Crippen LogP contribution in [0.1, 0.15) is 31.2 Å². The second kappa shape index (κ2) is 6.22. The van der Waals surface area contributed by atoms with Gasteiger partial charge in [-0.05, 0) is 25.0 Å². The number of nitrogens with zero attached hydrogens (tertiary/aromatic N) is 2. The summed E-state index contributed by atoms with van der Waals surface area (Å²) in [6.07, 6.45) is 3.12. The number of carbonyl (C=O) groups is 1. The third kappa shape index (κ3) is 3.28. The number of carboxylic acid groups (broad SMARTS) is 1. The van der Waals surface area contributed by atoms with Gasteiger partial charge >= 0.3 is 5.97 Å². The van der Waals surface area contributed by atoms with Crippen LogP contribution in [0.25, 0.3) is 0 Å². The highest BCUT2D eigenvalue weighted by Crippen LogP contribution is 2.29. The van der Waals surface area contributed by atoms with Gasteiger partial charge in [-0.2, -0.15) is 5.26 Å². The summed E-state index contributed by atoms with van der Waals surface area (Å²) in [6.45, 7) is 0. The molecule has 1 aliphatic rings. The van der Waals surface area contributed by atoms with Gasteiger partial charge in [0.25, 0.3) is 5.69 Å². The molecule has 0 spiro atoms. The van der Waals surface area contributed by atoms with E-state index in [0.717, 1.165) is 12.8 Å². The molecule has 1 saturated carbocycles. The number of nitrogens with one attached hydrogen (secondary N) is 1. The van der Waals surface area contributed by atoms with Crippen molar-refractivity contribution in [1.82, 2.24) is 0 Å². The van der Waals surface area contributed by atoms with Crippen LogP contribution in [-0.4, -0.2) is 22.0 Å². The summed E-state index contributed by atoms with van der Waals surface area (Å²) in [5.74, 6) is -1.34. The van der Waals surface area contributed by atoms with Gasteiger partial charge in [-0.3, -0.25) is 14.9 Å². The predicted molar refractivity (Wildman–Crippen MR) is 74.8 cm³/mol. The summed E-state index contributed by atoms with van der Waals surface area (Å²) < 4.78 is 0. The molecule has 0 aromatic heterocycles. The number of hydrogen-bond acceptors (Lipinski definition) is 5. The molecule has 1 fully saturated rings. The first-order valence-electron chi connectivity index (χ1n) is 6.71. The lowest BCUT2D eigenvalue weighted by molar-refractivity contribution is -0.385. The molecule has 1 aromatic rings. The normalized spacial score (nSPS) is 21.3. The van der Waals surface area contributed by atoms with Gasteiger partial charge in [-0.1, -0.05) is 12.8 Å². The van der Waals surface area contributed by atoms with Crippen molar-refractivity contribution in [2.24, 2.45) is 5.92 Å². The summed E-state index contributed by atoms with van der Waals surface area (Å²) >= 11 is 0. The Kier molecular flexibility index (Phi) is 4.38. The van der Waals surface area contributed by atoms with Gasteiger partial charge in [0.05, 0.1) is 10.8 Å². The van der Waals surface area contributed by atoms with Crippen molar-refractivity contribution in [3.63, 3.8) is 0 Å². The number of carboxylic acids is 1. The van der Waals surface area contributed by atoms with E-state index in [-0.39, 0.29) is 17.3 Å². The van der Waals surface area contributed by atoms with Crippen LogP contribution in [0.2, 0.25) is 0 Å². The molecule has 1 aliphatic carbocycles. The van der Waals surface area contributed by atoms with Gasteiger partial charge < -0.3 is 10.4 Å². The number of rotatable bonds is 4. The Bertz CT molecular complexity index is 609. The molecular weight excluding hydrogens is 274 g/mol. The van der Waals surface area contributed by atoms with Crippen LogP contribution in [0, 0.1) is 27.4 Å². The number of nitro groups is 1. The predicted octanol–water partition coefficient (Wildman–Crippen LogP) is 2.52. The van der Waals surface area contributed by atoms with E-state index in [4.69, 9.17) is 5.26 Å². The Labute approximate surface area is 121 Å². The molecule has 0 heterocycles. The monoisotopic (exact) mass is 289 g/mol. The molecular formula is C14H15N3O4. The third-order valence-corrected chi connectivity index (χ3v) is 3.75. The molecule has 1 aromatic carbocycles. The van der Waals surface area contributed by atoms with Crippen LogP contribution >= 0.6 is 0 Å². The first-order chi connectivity index (χ1) is 10.0. The molecule has 2 unspecified atom stereocenters. The molecule has 21 heavy (non-hydrogen) atoms. The molecule has 0 aliphatic heterocycles. The highest BCUT2D eigenvalue weighted by atomic mass is 16.6. The lowest BCUT2D eigenvalue weighted by atomic mass is 9.84. The van der Waals surface area contributed by atoms with Gasteiger partial charge in [-0.25, -0.2) is 0 Å². The van der Waals surface area contributed by atoms with E-state index in [1.54, 1.807) is 12.1 Å². The Morgan fingerprint density at radius 3 is 2.76 bits per heavy atom. The standard InChI is InChI=1S/C14H15N3O4/c15-8-9-5-6-10(7-13(9)17(20)21)16-12-4-2-1-3-11(12)14(18)19/h5-7,11-12,16H,1-4H2,(H,18,19). The second-order valence-electron chi connectivity index (χ2n) is 5.08. The zero-order valence-electron chi connectivity index (χ0n) is 11.3. The van der Waals surface area contributed by atoms with Crippen molar-refractivity contribution in [3.8, 4) is 6.07 Å². The SMILES string of the molecule is N#Cc1ccc(NC2CCCCC2C(=O)O)cc1[N+](=O)[O-]. The van der Waals surface area contributed by atoms with Gasteiger partial charge in [-0.15, -0.1) is 0 Å². The van der Waals surface area contributed by atoms with Gasteiger partial charge in [0, 0.05) is 17.8 Å². The van der Waals surface area contributed by atoms with E-state index in [9.17, 15) is 20.0 Å². The summed E-state index contributed by atoms with van der Waals surface area (Å²) in [7, 11) is 0. The van der Waals surface area contributed by atoms with Crippen LogP contribution in [-0.2, 0) is 4.79 Å². The first kappa shape index (κ1) is 14.8. The minimum absolute atomic E-state index is 0.0102. The maximum Gasteiger partial charge on any atom is 0.308 e. The van der Waals surface area contributed by atoms with E-state index in [1.807, 2.05) is 0 Å². The van der Waals surface area contributed by atoms with Crippen molar-refractivity contribution in [2.45, 2.75) is 31.7 Å². The minimum atomic E-state index is -0.852. The Morgan fingerprint density at radius 1 is 1.43 bits per heavy atom. The largest absolute Gasteiger partial charge is 0.481 e. The zero-order chi connectivity index (χ0) is 15.4. The Hall–Kier alpha value is -2.62. The maximum atomic E-state index is 11.2. The van der Waals surface area contributed by atoms with Crippen molar-refractivity contribution >= 4 is 17.3 Å². The van der Waals surface area contributed by atoms with Gasteiger partial charge in [0.2, 0.25) is 0 Å². The van der Waals surface area contributed by atoms with E-state index >= 15 is 0 Å². The van der Waals surface area contributed by atoms with Crippen LogP contribution in [0.4, 0.5) is 11.4 Å². The van der Waals surface area contributed by atoms with Crippen LogP contribution in [0.15, 0.2) is 18.2 Å². The Balaban J connectivity index is 2.23. The molecule has 0 saturated heterocycles. The second-order valence-corrected chi connectivity index (χ2v) is 5.08. The van der Waals surface area contributed by atoms with Gasteiger partial charge in [0.15, 0.2) is 0 Å². The fourth-order valence-electron chi connectivity index (χ4n) is 2.68. The number of nitro benzene ring substituents is 1. The lowest BCUT2D eigenvalue weighted by Gasteiger charge is -2.30. The fourth-order valence-corrected chi connectivity index (χ4v) is 2.68. The number of aliphatic carboxylic acids is 1. The van der Waals surface area contributed by atoms with Crippen LogP contribution < -0.4 is 5.32 Å². The summed E-state index contributed by atoms with van der Waals surface area (Å²) in [5.41, 5.74) is 0.188. The van der Waals surface area contributed by atoms with Crippen LogP contribution in [0.3, 0.4) is 0 Å². The number of benzene rings is 1. The van der Waals surface area contributed by atoms with Crippen molar-refractivity contribution in [1.29, 1.82) is 5.26 Å². The van der Waals surface area contributed by atoms with Gasteiger partial charge in [0.1, 0.15) is 11.6 Å². The topological polar surface area (TPSA) is 116 Å². The molecule has 110 valence electrons. The Morgan fingerprint density at radius 2 is 2.14 bits per heavy atom. The number of anilines is 1. The van der Waals surface area contributed by atoms with Crippen LogP contribution in [0.5, 0.6) is 0 Å². The molecule has 2 rings (SSSR count). The lowest BCUT2D eigenvalue weighted by Crippen LogP contribution is -2.37. The van der Waals surface area contributed by atoms with E-state index in [2.05, 4.69) is 5.32 Å². The maximum absolute atomic E-state index is 11.2. The van der Waals surface area contributed by atoms with E-state index in [1.165, 1.54) is 12.1 Å². The summed E-state index contributed by atoms with van der Waals surface area (Å²) in [6, 6.07) is 5.75. The average molecular weight is 289 g/mol. The summed E-state index contributed by atoms with van der Waals surface area (Å²) in [4.78, 5) is 21.6. The summed E-state index contributed by atoms with van der Waals surface area (Å²) in [5, 5.41) is 32.1. The number of nitriles is 1. The molecule has 0 bridgehead atoms. The number of hydrogen-bond donors (Lipinski definition) is 2. The fraction of sp³-hybridized carbons (Fsp3) is 0.429. The third-order valence-electron chi connectivity index (χ3n) is 3.75. The molecule has 7 heteroatoms. The van der Waals surface area contributed by atoms with Crippen molar-refractivity contribution < 1.29 is 14.8 Å². The highest BCUT2D eigenvalue weighted by molar-refractivity contribution is 5.72. The zero-order valence-corrected chi connectivity index (χ0v) is 11.3. The van der Waals surface area contributed by atoms with Crippen molar-refractivity contribution in [2.75, 3.05) is 5.32 Å². The first-order valence-corrected chi connectivity index (χ1v) is 6.71. The van der Waals surface area contributed by atoms with E-state index in [0.29, 0.717) is 18.5 Å². The quantitative estimate of drug-likeness (QED) is 0.649. The molecule has 2 atom stereocenters. The van der Waals surface area contributed by atoms with E-state index < -0.39 is 16.8 Å². The molecule has 2 N–H and O–H groups in total.